The monoisotopic (exact) mass is 370 g/mol. The Labute approximate surface area is 127 Å². The van der Waals surface area contributed by atoms with Gasteiger partial charge in [0.2, 0.25) is 0 Å². The third kappa shape index (κ3) is 3.96. The molecule has 0 atom stereocenters. The van der Waals surface area contributed by atoms with E-state index in [-0.39, 0.29) is 0 Å². The quantitative estimate of drug-likeness (QED) is 0.571. The molecule has 0 radical (unpaired) electrons. The highest BCUT2D eigenvalue weighted by Crippen LogP contribution is 2.37. The molecule has 0 nitrogen and oxygen atoms in total. The normalized spacial score (nSPS) is 23.7. The minimum Gasteiger partial charge on any atom is -0.0651 e. The van der Waals surface area contributed by atoms with E-state index in [1.165, 1.54) is 43.2 Å². The average Bonchev–Trinajstić information content (AvgIpc) is 2.39. The highest BCUT2D eigenvalue weighted by atomic mass is 79.9. The summed E-state index contributed by atoms with van der Waals surface area (Å²) >= 11 is 6.80. The summed E-state index contributed by atoms with van der Waals surface area (Å²) in [5, 5.41) is 0. The summed E-state index contributed by atoms with van der Waals surface area (Å²) in [5.41, 5.74) is 2.76. The molecule has 1 aromatic carbocycles. The zero-order chi connectivity index (χ0) is 13.0. The van der Waals surface area contributed by atoms with Crippen LogP contribution in [0.25, 0.3) is 6.08 Å². The first kappa shape index (κ1) is 14.3. The molecule has 18 heavy (non-hydrogen) atoms. The molecule has 0 spiro atoms. The van der Waals surface area contributed by atoms with Gasteiger partial charge >= 0.3 is 0 Å². The Balaban J connectivity index is 2.00. The van der Waals surface area contributed by atoms with Crippen molar-refractivity contribution in [3.63, 3.8) is 0 Å². The molecule has 0 saturated heterocycles. The zero-order valence-electron chi connectivity index (χ0n) is 10.8. The number of benzene rings is 1. The molecule has 0 bridgehead atoms. The van der Waals surface area contributed by atoms with E-state index >= 15 is 0 Å². The predicted octanol–water partition coefficient (Wildman–Crippen LogP) is 6.46. The van der Waals surface area contributed by atoms with Gasteiger partial charge in [-0.25, -0.2) is 0 Å². The lowest BCUT2D eigenvalue weighted by atomic mass is 9.78. The van der Waals surface area contributed by atoms with Crippen LogP contribution in [0.1, 0.15) is 56.1 Å². The van der Waals surface area contributed by atoms with E-state index in [1.807, 2.05) is 0 Å². The Morgan fingerprint density at radius 1 is 1.11 bits per heavy atom. The molecule has 0 N–H and O–H groups in total. The first-order chi connectivity index (χ1) is 8.69. The highest BCUT2D eigenvalue weighted by Gasteiger charge is 2.20. The Hall–Kier alpha value is -0.0800. The van der Waals surface area contributed by atoms with Crippen molar-refractivity contribution in [1.29, 1.82) is 0 Å². The maximum absolute atomic E-state index is 3.40. The van der Waals surface area contributed by atoms with E-state index in [1.54, 1.807) is 0 Å². The minimum atomic E-state index is 0.790. The van der Waals surface area contributed by atoms with E-state index in [9.17, 15) is 0 Å². The number of rotatable bonds is 3. The molecule has 1 aromatic rings. The van der Waals surface area contributed by atoms with Gasteiger partial charge in [-0.1, -0.05) is 37.6 Å². The van der Waals surface area contributed by atoms with Gasteiger partial charge in [0.25, 0.3) is 0 Å². The van der Waals surface area contributed by atoms with Crippen LogP contribution in [-0.2, 0) is 0 Å². The molecule has 0 amide bonds. The van der Waals surface area contributed by atoms with Crippen LogP contribution in [0.5, 0.6) is 0 Å². The Morgan fingerprint density at radius 3 is 2.22 bits per heavy atom. The van der Waals surface area contributed by atoms with Crippen LogP contribution in [0.2, 0.25) is 0 Å². The van der Waals surface area contributed by atoms with Crippen molar-refractivity contribution in [3.8, 4) is 0 Å². The summed E-state index contributed by atoms with van der Waals surface area (Å²) in [4.78, 5) is 0. The molecule has 2 heteroatoms. The van der Waals surface area contributed by atoms with E-state index in [2.05, 4.69) is 69.1 Å². The summed E-state index contributed by atoms with van der Waals surface area (Å²) in [7, 11) is 0. The van der Waals surface area contributed by atoms with Crippen LogP contribution < -0.4 is 0 Å². The molecule has 0 heterocycles. The summed E-state index contributed by atoms with van der Waals surface area (Å²) in [5.74, 6) is 1.77. The van der Waals surface area contributed by atoms with Gasteiger partial charge in [0.1, 0.15) is 0 Å². The third-order valence-corrected chi connectivity index (χ3v) is 4.57. The van der Waals surface area contributed by atoms with Gasteiger partial charge in [0, 0.05) is 0 Å². The van der Waals surface area contributed by atoms with Crippen molar-refractivity contribution in [2.24, 2.45) is 5.92 Å². The van der Waals surface area contributed by atoms with Crippen LogP contribution in [0, 0.1) is 5.92 Å². The lowest BCUT2D eigenvalue weighted by molar-refractivity contribution is 0.319. The largest absolute Gasteiger partial charge is 0.0651 e. The second kappa shape index (κ2) is 6.91. The third-order valence-electron chi connectivity index (χ3n) is 4.11. The lowest BCUT2D eigenvalue weighted by Crippen LogP contribution is -2.12. The van der Waals surface area contributed by atoms with Crippen LogP contribution in [0.15, 0.2) is 27.7 Å². The average molecular weight is 372 g/mol. The van der Waals surface area contributed by atoms with Crippen molar-refractivity contribution in [1.82, 2.24) is 0 Å². The standard InChI is InChI=1S/C16H20Br2/c1-2-12-3-7-14(8-4-12)15-9-5-13(6-10-15)11-16(17)18/h5-6,9-12,14H,2-4,7-8H2,1H3. The van der Waals surface area contributed by atoms with Gasteiger partial charge in [-0.05, 0) is 86.6 Å². The molecule has 98 valence electrons. The predicted molar refractivity (Wildman–Crippen MR) is 87.3 cm³/mol. The molecular weight excluding hydrogens is 352 g/mol. The molecule has 0 aliphatic heterocycles. The minimum absolute atomic E-state index is 0.790. The van der Waals surface area contributed by atoms with E-state index < -0.39 is 0 Å². The van der Waals surface area contributed by atoms with Gasteiger partial charge in [-0.15, -0.1) is 0 Å². The summed E-state index contributed by atoms with van der Waals surface area (Å²) in [6, 6.07) is 9.02. The smallest absolute Gasteiger partial charge is 0.0610 e. The molecule has 1 aliphatic carbocycles. The number of halogens is 2. The fourth-order valence-electron chi connectivity index (χ4n) is 2.89. The Bertz CT molecular complexity index is 394. The first-order valence-corrected chi connectivity index (χ1v) is 8.40. The van der Waals surface area contributed by atoms with Crippen molar-refractivity contribution in [2.75, 3.05) is 0 Å². The number of hydrogen-bond donors (Lipinski definition) is 0. The summed E-state index contributed by atoms with van der Waals surface area (Å²) in [6.07, 6.45) is 9.00. The molecule has 1 saturated carbocycles. The fraction of sp³-hybridized carbons (Fsp3) is 0.500. The van der Waals surface area contributed by atoms with E-state index in [4.69, 9.17) is 0 Å². The van der Waals surface area contributed by atoms with E-state index in [0.29, 0.717) is 0 Å². The van der Waals surface area contributed by atoms with Crippen LogP contribution >= 0.6 is 31.9 Å². The Kier molecular flexibility index (Phi) is 5.50. The molecular formula is C16H20Br2. The molecule has 1 aliphatic rings. The van der Waals surface area contributed by atoms with Gasteiger partial charge < -0.3 is 0 Å². The van der Waals surface area contributed by atoms with Gasteiger partial charge in [0.15, 0.2) is 0 Å². The first-order valence-electron chi connectivity index (χ1n) is 6.81. The van der Waals surface area contributed by atoms with E-state index in [0.717, 1.165) is 15.2 Å². The van der Waals surface area contributed by atoms with Gasteiger partial charge in [-0.2, -0.15) is 0 Å². The van der Waals surface area contributed by atoms with Gasteiger partial charge in [-0.3, -0.25) is 0 Å². The SMILES string of the molecule is CCC1CCC(c2ccc(C=C(Br)Br)cc2)CC1. The van der Waals surface area contributed by atoms with Crippen LogP contribution in [0.3, 0.4) is 0 Å². The lowest BCUT2D eigenvalue weighted by Gasteiger charge is -2.28. The molecule has 1 fully saturated rings. The van der Waals surface area contributed by atoms with Crippen LogP contribution in [0.4, 0.5) is 0 Å². The van der Waals surface area contributed by atoms with Crippen molar-refractivity contribution in [2.45, 2.75) is 44.9 Å². The molecule has 0 unspecified atom stereocenters. The second-order valence-electron chi connectivity index (χ2n) is 5.23. The fourth-order valence-corrected chi connectivity index (χ4v) is 3.42. The molecule has 0 aromatic heterocycles. The summed E-state index contributed by atoms with van der Waals surface area (Å²) in [6.45, 7) is 2.32. The highest BCUT2D eigenvalue weighted by molar-refractivity contribution is 9.28. The second-order valence-corrected chi connectivity index (χ2v) is 8.00. The van der Waals surface area contributed by atoms with Crippen molar-refractivity contribution < 1.29 is 0 Å². The van der Waals surface area contributed by atoms with Crippen molar-refractivity contribution >= 4 is 37.9 Å². The zero-order valence-corrected chi connectivity index (χ0v) is 14.0. The number of hydrogen-bond acceptors (Lipinski definition) is 0. The Morgan fingerprint density at radius 2 is 1.72 bits per heavy atom. The maximum Gasteiger partial charge on any atom is 0.0610 e. The van der Waals surface area contributed by atoms with Crippen LogP contribution in [-0.4, -0.2) is 0 Å². The topological polar surface area (TPSA) is 0 Å². The maximum atomic E-state index is 3.40. The summed E-state index contributed by atoms with van der Waals surface area (Å²) < 4.78 is 0.992. The van der Waals surface area contributed by atoms with Crippen molar-refractivity contribution in [3.05, 3.63) is 38.8 Å². The molecule has 2 rings (SSSR count). The van der Waals surface area contributed by atoms with Gasteiger partial charge in [0.05, 0.1) is 3.39 Å².